The third-order valence-corrected chi connectivity index (χ3v) is 11.2. The maximum Gasteiger partial charge on any atom is 0.262 e. The predicted molar refractivity (Wildman–Crippen MR) is 204 cm³/mol. The smallest absolute Gasteiger partial charge is 0.262 e. The van der Waals surface area contributed by atoms with E-state index in [1.807, 2.05) is 40.9 Å². The first-order valence-electron chi connectivity index (χ1n) is 18.2. The van der Waals surface area contributed by atoms with Gasteiger partial charge in [0.15, 0.2) is 12.4 Å². The first kappa shape index (κ1) is 38.5. The third kappa shape index (κ3) is 9.97. The van der Waals surface area contributed by atoms with Crippen molar-refractivity contribution in [2.45, 2.75) is 57.4 Å². The number of hydrogen-bond donors (Lipinski definition) is 4. The number of phenols is 2. The minimum atomic E-state index is -0.287. The first-order chi connectivity index (χ1) is 24.7. The Kier molecular flexibility index (Phi) is 14.1. The SMILES string of the molecule is CCSCC(C)N(CCNCCc1ccc(O)c2c1OCC(=O)N2)C(=O)CCOCCc1ccc(O)c(C2(c3ccccc3)CCN(C)CC2)c1. The molecule has 0 aliphatic carbocycles. The fraction of sp³-hybridized carbons (Fsp3) is 0.500. The van der Waals surface area contributed by atoms with Crippen LogP contribution in [0.3, 0.4) is 0 Å². The molecule has 0 aromatic heterocycles. The molecule has 2 amide bonds. The quantitative estimate of drug-likeness (QED) is 0.104. The van der Waals surface area contributed by atoms with Crippen LogP contribution in [0.4, 0.5) is 5.69 Å². The van der Waals surface area contributed by atoms with E-state index in [0.717, 1.165) is 54.1 Å². The van der Waals surface area contributed by atoms with E-state index in [-0.39, 0.29) is 35.6 Å². The molecule has 276 valence electrons. The van der Waals surface area contributed by atoms with E-state index in [4.69, 9.17) is 9.47 Å². The summed E-state index contributed by atoms with van der Waals surface area (Å²) >= 11 is 1.83. The molecule has 51 heavy (non-hydrogen) atoms. The van der Waals surface area contributed by atoms with E-state index in [9.17, 15) is 19.8 Å². The molecule has 3 aromatic carbocycles. The lowest BCUT2D eigenvalue weighted by Gasteiger charge is -2.42. The number of thioether (sulfide) groups is 1. The second-order valence-corrected chi connectivity index (χ2v) is 14.9. The van der Waals surface area contributed by atoms with Gasteiger partial charge in [0.2, 0.25) is 5.91 Å². The van der Waals surface area contributed by atoms with Crippen LogP contribution in [0.25, 0.3) is 0 Å². The molecule has 10 nitrogen and oxygen atoms in total. The number of fused-ring (bicyclic) bond motifs is 1. The molecule has 1 saturated heterocycles. The van der Waals surface area contributed by atoms with E-state index < -0.39 is 0 Å². The molecule has 2 aliphatic heterocycles. The van der Waals surface area contributed by atoms with Crippen molar-refractivity contribution in [3.63, 3.8) is 0 Å². The number of nitrogens with one attached hydrogen (secondary N) is 2. The van der Waals surface area contributed by atoms with Crippen LogP contribution in [0.15, 0.2) is 60.7 Å². The van der Waals surface area contributed by atoms with Crippen LogP contribution in [-0.2, 0) is 32.6 Å². The number of anilines is 1. The van der Waals surface area contributed by atoms with Crippen LogP contribution >= 0.6 is 11.8 Å². The Hall–Kier alpha value is -3.77. The normalized spacial score (nSPS) is 16.2. The second kappa shape index (κ2) is 18.6. The Morgan fingerprint density at radius 1 is 1.06 bits per heavy atom. The number of benzene rings is 3. The summed E-state index contributed by atoms with van der Waals surface area (Å²) in [4.78, 5) is 29.4. The zero-order valence-corrected chi connectivity index (χ0v) is 31.1. The van der Waals surface area contributed by atoms with Crippen molar-refractivity contribution in [2.75, 3.05) is 76.4 Å². The van der Waals surface area contributed by atoms with Crippen molar-refractivity contribution in [3.8, 4) is 17.2 Å². The van der Waals surface area contributed by atoms with Crippen LogP contribution < -0.4 is 15.4 Å². The van der Waals surface area contributed by atoms with E-state index in [2.05, 4.69) is 66.8 Å². The zero-order chi connectivity index (χ0) is 36.2. The summed E-state index contributed by atoms with van der Waals surface area (Å²) in [6.45, 7) is 8.81. The lowest BCUT2D eigenvalue weighted by atomic mass is 9.67. The summed E-state index contributed by atoms with van der Waals surface area (Å²) in [5, 5.41) is 27.3. The largest absolute Gasteiger partial charge is 0.508 e. The summed E-state index contributed by atoms with van der Waals surface area (Å²) in [6.07, 6.45) is 3.55. The summed E-state index contributed by atoms with van der Waals surface area (Å²) in [6, 6.07) is 20.0. The van der Waals surface area contributed by atoms with Gasteiger partial charge in [-0.25, -0.2) is 0 Å². The highest BCUT2D eigenvalue weighted by Crippen LogP contribution is 2.45. The van der Waals surface area contributed by atoms with Crippen LogP contribution in [-0.4, -0.2) is 109 Å². The number of carbonyl (C=O) groups excluding carboxylic acids is 2. The Bertz CT molecular complexity index is 1600. The number of carbonyl (C=O) groups is 2. The lowest BCUT2D eigenvalue weighted by molar-refractivity contribution is -0.133. The number of ether oxygens (including phenoxy) is 2. The minimum Gasteiger partial charge on any atom is -0.508 e. The molecule has 0 radical (unpaired) electrons. The summed E-state index contributed by atoms with van der Waals surface area (Å²) < 4.78 is 11.6. The van der Waals surface area contributed by atoms with Gasteiger partial charge in [-0.3, -0.25) is 9.59 Å². The molecular weight excluding hydrogens is 665 g/mol. The molecule has 2 aliphatic rings. The molecule has 0 saturated carbocycles. The number of amides is 2. The molecule has 3 aromatic rings. The number of phenolic OH excluding ortho intramolecular Hbond substituents is 2. The number of likely N-dealkylation sites (tertiary alicyclic amines) is 1. The maximum absolute atomic E-state index is 13.4. The molecule has 4 N–H and O–H groups in total. The zero-order valence-electron chi connectivity index (χ0n) is 30.3. The topological polar surface area (TPSA) is 124 Å². The highest BCUT2D eigenvalue weighted by Gasteiger charge is 2.39. The van der Waals surface area contributed by atoms with Gasteiger partial charge in [-0.1, -0.05) is 55.5 Å². The van der Waals surface area contributed by atoms with Gasteiger partial charge < -0.3 is 40.1 Å². The fourth-order valence-corrected chi connectivity index (χ4v) is 7.87. The number of rotatable bonds is 18. The Morgan fingerprint density at radius 2 is 1.82 bits per heavy atom. The van der Waals surface area contributed by atoms with Crippen molar-refractivity contribution in [3.05, 3.63) is 82.9 Å². The van der Waals surface area contributed by atoms with Gasteiger partial charge in [0.1, 0.15) is 17.2 Å². The van der Waals surface area contributed by atoms with Gasteiger partial charge in [0.25, 0.3) is 5.91 Å². The number of aromatic hydroxyl groups is 2. The molecule has 11 heteroatoms. The number of nitrogens with zero attached hydrogens (tertiary/aromatic N) is 2. The second-order valence-electron chi connectivity index (χ2n) is 13.6. The van der Waals surface area contributed by atoms with Gasteiger partial charge in [-0.05, 0) is 93.9 Å². The van der Waals surface area contributed by atoms with Gasteiger partial charge in [-0.2, -0.15) is 11.8 Å². The van der Waals surface area contributed by atoms with Gasteiger partial charge in [0, 0.05) is 35.9 Å². The first-order valence-corrected chi connectivity index (χ1v) is 19.4. The third-order valence-electron chi connectivity index (χ3n) is 10.1. The Labute approximate surface area is 306 Å². The van der Waals surface area contributed by atoms with Gasteiger partial charge in [-0.15, -0.1) is 0 Å². The highest BCUT2D eigenvalue weighted by molar-refractivity contribution is 7.99. The van der Waals surface area contributed by atoms with E-state index >= 15 is 0 Å². The minimum absolute atomic E-state index is 0.0129. The van der Waals surface area contributed by atoms with Crippen LogP contribution in [0.2, 0.25) is 0 Å². The Balaban J connectivity index is 1.10. The van der Waals surface area contributed by atoms with Crippen LogP contribution in [0.1, 0.15) is 55.4 Å². The molecule has 5 rings (SSSR count). The van der Waals surface area contributed by atoms with Crippen LogP contribution in [0, 0.1) is 0 Å². The van der Waals surface area contributed by atoms with Crippen molar-refractivity contribution in [2.24, 2.45) is 0 Å². The van der Waals surface area contributed by atoms with E-state index in [0.29, 0.717) is 69.3 Å². The molecule has 0 bridgehead atoms. The maximum atomic E-state index is 13.4. The average Bonchev–Trinajstić information content (AvgIpc) is 3.14. The summed E-state index contributed by atoms with van der Waals surface area (Å²) in [5.41, 5.74) is 4.34. The molecular formula is C40H54N4O6S. The van der Waals surface area contributed by atoms with Crippen molar-refractivity contribution < 1.29 is 29.3 Å². The number of piperidine rings is 1. The fourth-order valence-electron chi connectivity index (χ4n) is 7.12. The Morgan fingerprint density at radius 3 is 2.59 bits per heavy atom. The van der Waals surface area contributed by atoms with Crippen molar-refractivity contribution >= 4 is 29.3 Å². The highest BCUT2D eigenvalue weighted by atomic mass is 32.2. The molecule has 0 spiro atoms. The molecule has 1 atom stereocenters. The van der Waals surface area contributed by atoms with Crippen LogP contribution in [0.5, 0.6) is 17.2 Å². The van der Waals surface area contributed by atoms with Crippen molar-refractivity contribution in [1.29, 1.82) is 0 Å². The predicted octanol–water partition coefficient (Wildman–Crippen LogP) is 5.19. The molecule has 1 fully saturated rings. The monoisotopic (exact) mass is 718 g/mol. The molecule has 2 heterocycles. The van der Waals surface area contributed by atoms with E-state index in [1.54, 1.807) is 6.07 Å². The van der Waals surface area contributed by atoms with Gasteiger partial charge >= 0.3 is 0 Å². The van der Waals surface area contributed by atoms with E-state index in [1.165, 1.54) is 5.56 Å². The van der Waals surface area contributed by atoms with Crippen molar-refractivity contribution in [1.82, 2.24) is 15.1 Å². The summed E-state index contributed by atoms with van der Waals surface area (Å²) in [5.74, 6) is 2.50. The summed E-state index contributed by atoms with van der Waals surface area (Å²) in [7, 11) is 2.15. The standard InChI is InChI=1S/C40H54N4O6S/c1-4-51-28-29(2)44(23-20-41-19-14-31-11-13-35(46)38-39(31)50-27-36(47)42-38)37(48)16-25-49-24-15-30-10-12-34(45)33(26-30)40(17-21-43(3)22-18-40)32-8-6-5-7-9-32/h5-13,26,29,41,45-46H,4,14-25,27-28H2,1-3H3,(H,42,47). The lowest BCUT2D eigenvalue weighted by Crippen LogP contribution is -2.44. The van der Waals surface area contributed by atoms with Gasteiger partial charge in [0.05, 0.1) is 19.6 Å². The number of hydrogen-bond acceptors (Lipinski definition) is 9. The molecule has 1 unspecified atom stereocenters. The average molecular weight is 719 g/mol.